The van der Waals surface area contributed by atoms with Crippen molar-refractivity contribution in [2.75, 3.05) is 36.6 Å². The molecule has 0 aliphatic carbocycles. The van der Waals surface area contributed by atoms with Crippen molar-refractivity contribution < 1.29 is 13.9 Å². The Bertz CT molecular complexity index is 1340. The van der Waals surface area contributed by atoms with Gasteiger partial charge in [-0.3, -0.25) is 10.4 Å². The maximum Gasteiger partial charge on any atom is 0.325 e. The van der Waals surface area contributed by atoms with Crippen molar-refractivity contribution >= 4 is 28.8 Å². The van der Waals surface area contributed by atoms with Gasteiger partial charge in [-0.1, -0.05) is 29.8 Å². The summed E-state index contributed by atoms with van der Waals surface area (Å²) in [6.07, 6.45) is 2.92. The summed E-state index contributed by atoms with van der Waals surface area (Å²) < 4.78 is 25.0. The van der Waals surface area contributed by atoms with Crippen LogP contribution in [0.2, 0.25) is 0 Å². The summed E-state index contributed by atoms with van der Waals surface area (Å²) in [4.78, 5) is 15.2. The molecular weight excluding hydrogens is 435 g/mol. The highest BCUT2D eigenvalue weighted by molar-refractivity contribution is 5.81. The van der Waals surface area contributed by atoms with E-state index in [1.807, 2.05) is 37.3 Å². The molecule has 2 aromatic carbocycles. The van der Waals surface area contributed by atoms with Crippen molar-refractivity contribution in [2.24, 2.45) is 5.10 Å². The normalized spacial score (nSPS) is 14.0. The van der Waals surface area contributed by atoms with Gasteiger partial charge in [0.25, 0.3) is 0 Å². The minimum atomic E-state index is -0.409. The third kappa shape index (κ3) is 5.26. The topological polar surface area (TPSA) is 84.8 Å². The van der Waals surface area contributed by atoms with Gasteiger partial charge in [-0.05, 0) is 36.8 Å². The zero-order valence-electron chi connectivity index (χ0n) is 18.6. The number of pyridine rings is 1. The maximum absolute atomic E-state index is 13.6. The fourth-order valence-corrected chi connectivity index (χ4v) is 3.65. The predicted molar refractivity (Wildman–Crippen MR) is 129 cm³/mol. The van der Waals surface area contributed by atoms with E-state index >= 15 is 0 Å². The number of nitrogens with one attached hydrogen (secondary N) is 1. The third-order valence-electron chi connectivity index (χ3n) is 5.29. The van der Waals surface area contributed by atoms with Crippen LogP contribution in [-0.4, -0.2) is 47.5 Å². The Hall–Kier alpha value is -4.11. The van der Waals surface area contributed by atoms with Crippen LogP contribution in [0.15, 0.2) is 65.9 Å². The summed E-state index contributed by atoms with van der Waals surface area (Å²) in [7, 11) is 0. The first-order valence-corrected chi connectivity index (χ1v) is 10.9. The fraction of sp³-hybridized carbons (Fsp3) is 0.200. The molecule has 9 heteroatoms. The number of nitrogens with zero attached hydrogens (tertiary/aromatic N) is 5. The number of hydrogen-bond donors (Lipinski definition) is 1. The van der Waals surface area contributed by atoms with Crippen molar-refractivity contribution in [2.45, 2.75) is 6.92 Å². The van der Waals surface area contributed by atoms with Crippen molar-refractivity contribution in [3.05, 3.63) is 77.7 Å². The van der Waals surface area contributed by atoms with Crippen LogP contribution in [0.1, 0.15) is 11.1 Å². The number of hydrogen-bond acceptors (Lipinski definition) is 8. The van der Waals surface area contributed by atoms with Crippen LogP contribution in [-0.2, 0) is 4.74 Å². The lowest BCUT2D eigenvalue weighted by molar-refractivity contribution is 0.122. The first-order valence-electron chi connectivity index (χ1n) is 10.9. The second-order valence-corrected chi connectivity index (χ2v) is 7.89. The smallest absolute Gasteiger partial charge is 0.325 e. The van der Waals surface area contributed by atoms with Crippen molar-refractivity contribution in [3.63, 3.8) is 0 Å². The molecule has 0 amide bonds. The van der Waals surface area contributed by atoms with Gasteiger partial charge in [0.05, 0.1) is 31.1 Å². The maximum atomic E-state index is 13.6. The Kier molecular flexibility index (Phi) is 6.26. The number of aryl methyl sites for hydroxylation is 1. The van der Waals surface area contributed by atoms with E-state index in [0.717, 1.165) is 11.1 Å². The molecule has 0 unspecified atom stereocenters. The number of aromatic nitrogens is 3. The number of morpholine rings is 1. The zero-order chi connectivity index (χ0) is 23.3. The van der Waals surface area contributed by atoms with E-state index in [0.29, 0.717) is 54.6 Å². The summed E-state index contributed by atoms with van der Waals surface area (Å²) >= 11 is 0. The molecule has 1 saturated heterocycles. The zero-order valence-corrected chi connectivity index (χ0v) is 18.6. The fourth-order valence-electron chi connectivity index (χ4n) is 3.65. The molecule has 172 valence electrons. The predicted octanol–water partition coefficient (Wildman–Crippen LogP) is 4.55. The first kappa shape index (κ1) is 21.7. The highest BCUT2D eigenvalue weighted by Crippen LogP contribution is 2.27. The number of rotatable bonds is 6. The monoisotopic (exact) mass is 458 g/mol. The average molecular weight is 458 g/mol. The summed E-state index contributed by atoms with van der Waals surface area (Å²) in [5.41, 5.74) is 5.78. The van der Waals surface area contributed by atoms with E-state index in [-0.39, 0.29) is 6.01 Å². The molecule has 0 saturated carbocycles. The van der Waals surface area contributed by atoms with Gasteiger partial charge >= 0.3 is 6.01 Å². The largest absolute Gasteiger partial charge is 0.424 e. The molecule has 4 aromatic rings. The minimum absolute atomic E-state index is 0.154. The molecule has 2 aromatic heterocycles. The van der Waals surface area contributed by atoms with E-state index in [4.69, 9.17) is 9.47 Å². The van der Waals surface area contributed by atoms with Crippen LogP contribution < -0.4 is 15.1 Å². The number of benzene rings is 2. The molecule has 1 N–H and O–H groups in total. The van der Waals surface area contributed by atoms with Crippen molar-refractivity contribution in [3.8, 4) is 11.8 Å². The van der Waals surface area contributed by atoms with E-state index in [2.05, 4.69) is 30.4 Å². The Morgan fingerprint density at radius 2 is 1.97 bits per heavy atom. The molecule has 5 rings (SSSR count). The van der Waals surface area contributed by atoms with Gasteiger partial charge in [-0.25, -0.2) is 4.39 Å². The van der Waals surface area contributed by atoms with E-state index in [1.165, 1.54) is 12.3 Å². The van der Waals surface area contributed by atoms with Crippen LogP contribution in [0.25, 0.3) is 10.9 Å². The molecule has 0 bridgehead atoms. The number of halogens is 1. The van der Waals surface area contributed by atoms with Gasteiger partial charge in [-0.2, -0.15) is 15.1 Å². The molecule has 3 heterocycles. The Labute approximate surface area is 196 Å². The number of hydrazone groups is 1. The molecular formula is C25H23FN6O2. The SMILES string of the molecule is Cc1cccc(/C=N/Nc2cc(N3CCOCC3)nc(Oc3ccc4ncc(F)cc4c3)n2)c1. The quantitative estimate of drug-likeness (QED) is 0.335. The van der Waals surface area contributed by atoms with Crippen molar-refractivity contribution in [1.82, 2.24) is 15.0 Å². The van der Waals surface area contributed by atoms with Gasteiger partial charge < -0.3 is 14.4 Å². The standard InChI is InChI=1S/C25H23FN6O2/c1-17-3-2-4-18(11-17)15-28-31-23-14-24(32-7-9-33-10-8-32)30-25(29-23)34-21-5-6-22-19(13-21)12-20(26)16-27-22/h2-6,11-16H,7-10H2,1H3,(H,29,30,31)/b28-15+. The summed E-state index contributed by atoms with van der Waals surface area (Å²) in [5, 5.41) is 4.95. The van der Waals surface area contributed by atoms with E-state index < -0.39 is 5.82 Å². The Balaban J connectivity index is 1.42. The highest BCUT2D eigenvalue weighted by atomic mass is 19.1. The van der Waals surface area contributed by atoms with Gasteiger partial charge in [0, 0.05) is 24.5 Å². The van der Waals surface area contributed by atoms with Gasteiger partial charge in [0.2, 0.25) is 0 Å². The first-order chi connectivity index (χ1) is 16.6. The van der Waals surface area contributed by atoms with Gasteiger partial charge in [0.15, 0.2) is 5.82 Å². The minimum Gasteiger partial charge on any atom is -0.424 e. The lowest BCUT2D eigenvalue weighted by Gasteiger charge is -2.28. The lowest BCUT2D eigenvalue weighted by Crippen LogP contribution is -2.36. The van der Waals surface area contributed by atoms with Crippen LogP contribution in [0, 0.1) is 12.7 Å². The number of anilines is 2. The van der Waals surface area contributed by atoms with E-state index in [9.17, 15) is 4.39 Å². The number of ether oxygens (including phenoxy) is 2. The molecule has 34 heavy (non-hydrogen) atoms. The van der Waals surface area contributed by atoms with Crippen LogP contribution >= 0.6 is 0 Å². The summed E-state index contributed by atoms with van der Waals surface area (Å²) in [6.45, 7) is 4.70. The Morgan fingerprint density at radius 3 is 2.82 bits per heavy atom. The molecule has 1 aliphatic rings. The molecule has 0 spiro atoms. The molecule has 1 fully saturated rings. The van der Waals surface area contributed by atoms with Crippen LogP contribution in [0.4, 0.5) is 16.0 Å². The second-order valence-electron chi connectivity index (χ2n) is 7.89. The number of fused-ring (bicyclic) bond motifs is 1. The van der Waals surface area contributed by atoms with Crippen LogP contribution in [0.5, 0.6) is 11.8 Å². The highest BCUT2D eigenvalue weighted by Gasteiger charge is 2.16. The Morgan fingerprint density at radius 1 is 1.09 bits per heavy atom. The van der Waals surface area contributed by atoms with Crippen molar-refractivity contribution in [1.29, 1.82) is 0 Å². The second kappa shape index (κ2) is 9.80. The molecule has 0 atom stereocenters. The summed E-state index contributed by atoms with van der Waals surface area (Å²) in [6, 6.07) is 16.6. The third-order valence-corrected chi connectivity index (χ3v) is 5.29. The van der Waals surface area contributed by atoms with E-state index in [1.54, 1.807) is 24.4 Å². The van der Waals surface area contributed by atoms with Gasteiger partial charge in [-0.15, -0.1) is 0 Å². The molecule has 8 nitrogen and oxygen atoms in total. The average Bonchev–Trinajstić information content (AvgIpc) is 2.84. The summed E-state index contributed by atoms with van der Waals surface area (Å²) in [5.74, 6) is 1.26. The molecule has 1 aliphatic heterocycles. The van der Waals surface area contributed by atoms with Crippen LogP contribution in [0.3, 0.4) is 0 Å². The van der Waals surface area contributed by atoms with Gasteiger partial charge in [0.1, 0.15) is 17.4 Å². The molecule has 0 radical (unpaired) electrons. The lowest BCUT2D eigenvalue weighted by atomic mass is 10.2.